The molecule has 1 aliphatic rings. The molecule has 0 fully saturated rings. The topological polar surface area (TPSA) is 12.0 Å². The Labute approximate surface area is 81.9 Å². The smallest absolute Gasteiger partial charge is 0.0301 e. The van der Waals surface area contributed by atoms with Crippen LogP contribution in [-0.4, -0.2) is 6.04 Å². The molecule has 1 heteroatoms. The summed E-state index contributed by atoms with van der Waals surface area (Å²) in [5.74, 6) is 0.696. The van der Waals surface area contributed by atoms with Crippen molar-refractivity contribution in [2.75, 3.05) is 0 Å². The summed E-state index contributed by atoms with van der Waals surface area (Å²) in [4.78, 5) is 0. The molecule has 0 saturated heterocycles. The fraction of sp³-hybridized carbons (Fsp3) is 0.667. The average molecular weight is 179 g/mol. The van der Waals surface area contributed by atoms with E-state index in [1.165, 1.54) is 25.0 Å². The Morgan fingerprint density at radius 2 is 2.38 bits per heavy atom. The molecule has 1 N–H and O–H groups in total. The molecule has 0 aromatic carbocycles. The fourth-order valence-corrected chi connectivity index (χ4v) is 1.73. The van der Waals surface area contributed by atoms with E-state index in [-0.39, 0.29) is 0 Å². The second kappa shape index (κ2) is 5.11. The average Bonchev–Trinajstić information content (AvgIpc) is 2.04. The van der Waals surface area contributed by atoms with Gasteiger partial charge in [-0.1, -0.05) is 32.4 Å². The van der Waals surface area contributed by atoms with E-state index in [4.69, 9.17) is 0 Å². The van der Waals surface area contributed by atoms with E-state index in [1.807, 2.05) is 0 Å². The van der Waals surface area contributed by atoms with Crippen LogP contribution in [0.2, 0.25) is 0 Å². The normalized spacial score (nSPS) is 23.9. The zero-order valence-electron chi connectivity index (χ0n) is 9.01. The van der Waals surface area contributed by atoms with Gasteiger partial charge in [-0.2, -0.15) is 0 Å². The van der Waals surface area contributed by atoms with Crippen LogP contribution in [0, 0.1) is 5.92 Å². The molecule has 13 heavy (non-hydrogen) atoms. The molecular weight excluding hydrogens is 158 g/mol. The van der Waals surface area contributed by atoms with Gasteiger partial charge >= 0.3 is 0 Å². The van der Waals surface area contributed by atoms with E-state index in [2.05, 4.69) is 44.3 Å². The van der Waals surface area contributed by atoms with Crippen molar-refractivity contribution in [1.82, 2.24) is 5.32 Å². The van der Waals surface area contributed by atoms with Crippen molar-refractivity contribution in [2.24, 2.45) is 5.92 Å². The highest BCUT2D eigenvalue weighted by Crippen LogP contribution is 2.14. The molecule has 0 heterocycles. The zero-order chi connectivity index (χ0) is 9.68. The molecule has 0 aromatic rings. The third-order valence-corrected chi connectivity index (χ3v) is 2.40. The lowest BCUT2D eigenvalue weighted by Crippen LogP contribution is -2.25. The van der Waals surface area contributed by atoms with Crippen molar-refractivity contribution in [1.29, 1.82) is 0 Å². The van der Waals surface area contributed by atoms with Gasteiger partial charge in [-0.15, -0.1) is 0 Å². The first-order valence-electron chi connectivity index (χ1n) is 5.37. The monoisotopic (exact) mass is 179 g/mol. The van der Waals surface area contributed by atoms with Gasteiger partial charge in [-0.3, -0.25) is 0 Å². The molecule has 1 nitrogen and oxygen atoms in total. The summed E-state index contributed by atoms with van der Waals surface area (Å²) >= 11 is 0. The summed E-state index contributed by atoms with van der Waals surface area (Å²) in [5.41, 5.74) is 1.31. The van der Waals surface area contributed by atoms with Crippen molar-refractivity contribution >= 4 is 0 Å². The summed E-state index contributed by atoms with van der Waals surface area (Å²) in [6.45, 7) is 6.74. The Bertz CT molecular complexity index is 203. The fourth-order valence-electron chi connectivity index (χ4n) is 1.73. The van der Waals surface area contributed by atoms with Gasteiger partial charge in [0.25, 0.3) is 0 Å². The molecule has 0 bridgehead atoms. The molecule has 0 radical (unpaired) electrons. The van der Waals surface area contributed by atoms with Crippen molar-refractivity contribution in [3.8, 4) is 0 Å². The van der Waals surface area contributed by atoms with Crippen LogP contribution in [0.4, 0.5) is 0 Å². The van der Waals surface area contributed by atoms with E-state index in [0.29, 0.717) is 12.0 Å². The molecule has 0 aliphatic heterocycles. The van der Waals surface area contributed by atoms with Gasteiger partial charge in [-0.05, 0) is 31.8 Å². The number of rotatable bonds is 4. The Morgan fingerprint density at radius 1 is 1.62 bits per heavy atom. The molecular formula is C12H21N. The van der Waals surface area contributed by atoms with Gasteiger partial charge < -0.3 is 5.32 Å². The van der Waals surface area contributed by atoms with Gasteiger partial charge in [0.2, 0.25) is 0 Å². The van der Waals surface area contributed by atoms with Crippen LogP contribution in [-0.2, 0) is 0 Å². The van der Waals surface area contributed by atoms with E-state index >= 15 is 0 Å². The number of hydrogen-bond donors (Lipinski definition) is 1. The predicted molar refractivity (Wildman–Crippen MR) is 58.5 cm³/mol. The van der Waals surface area contributed by atoms with Crippen molar-refractivity contribution in [2.45, 2.75) is 46.1 Å². The third-order valence-electron chi connectivity index (χ3n) is 2.40. The molecule has 1 aliphatic carbocycles. The summed E-state index contributed by atoms with van der Waals surface area (Å²) < 4.78 is 0. The molecule has 1 rings (SSSR count). The molecule has 0 aromatic heterocycles. The van der Waals surface area contributed by atoms with Crippen LogP contribution >= 0.6 is 0 Å². The third kappa shape index (κ3) is 3.67. The van der Waals surface area contributed by atoms with Crippen molar-refractivity contribution in [3.05, 3.63) is 23.9 Å². The lowest BCUT2D eigenvalue weighted by Gasteiger charge is -2.19. The van der Waals surface area contributed by atoms with Gasteiger partial charge in [0.1, 0.15) is 0 Å². The Morgan fingerprint density at radius 3 is 3.00 bits per heavy atom. The molecule has 2 atom stereocenters. The SMILES string of the molecule is CCCC(C)NC1=C[C@@H](C)CC=C1. The van der Waals surface area contributed by atoms with E-state index < -0.39 is 0 Å². The maximum absolute atomic E-state index is 3.52. The van der Waals surface area contributed by atoms with Crippen LogP contribution in [0.1, 0.15) is 40.0 Å². The predicted octanol–water partition coefficient (Wildman–Crippen LogP) is 3.24. The van der Waals surface area contributed by atoms with Gasteiger partial charge in [0, 0.05) is 11.7 Å². The molecule has 0 saturated carbocycles. The van der Waals surface area contributed by atoms with Crippen LogP contribution in [0.25, 0.3) is 0 Å². The van der Waals surface area contributed by atoms with Crippen molar-refractivity contribution in [3.63, 3.8) is 0 Å². The van der Waals surface area contributed by atoms with Gasteiger partial charge in [-0.25, -0.2) is 0 Å². The zero-order valence-corrected chi connectivity index (χ0v) is 9.01. The number of allylic oxidation sites excluding steroid dienone is 3. The summed E-state index contributed by atoms with van der Waals surface area (Å²) in [6.07, 6.45) is 10.5. The Hall–Kier alpha value is -0.720. The highest BCUT2D eigenvalue weighted by molar-refractivity contribution is 5.22. The van der Waals surface area contributed by atoms with Gasteiger partial charge in [0.05, 0.1) is 0 Å². The molecule has 1 unspecified atom stereocenters. The Balaban J connectivity index is 2.39. The number of hydrogen-bond acceptors (Lipinski definition) is 1. The summed E-state index contributed by atoms with van der Waals surface area (Å²) in [7, 11) is 0. The van der Waals surface area contributed by atoms with Crippen LogP contribution < -0.4 is 5.32 Å². The summed E-state index contributed by atoms with van der Waals surface area (Å²) in [6, 6.07) is 0.603. The molecule has 0 amide bonds. The van der Waals surface area contributed by atoms with Crippen LogP contribution in [0.5, 0.6) is 0 Å². The minimum absolute atomic E-state index is 0.603. The van der Waals surface area contributed by atoms with E-state index in [0.717, 1.165) is 0 Å². The quantitative estimate of drug-likeness (QED) is 0.698. The van der Waals surface area contributed by atoms with Gasteiger partial charge in [0.15, 0.2) is 0 Å². The van der Waals surface area contributed by atoms with E-state index in [9.17, 15) is 0 Å². The van der Waals surface area contributed by atoms with Crippen molar-refractivity contribution < 1.29 is 0 Å². The highest BCUT2D eigenvalue weighted by Gasteiger charge is 2.06. The lowest BCUT2D eigenvalue weighted by atomic mass is 10.0. The summed E-state index contributed by atoms with van der Waals surface area (Å²) in [5, 5.41) is 3.52. The Kier molecular flexibility index (Phi) is 4.07. The second-order valence-corrected chi connectivity index (χ2v) is 4.07. The number of nitrogens with one attached hydrogen (secondary N) is 1. The van der Waals surface area contributed by atoms with Crippen LogP contribution in [0.15, 0.2) is 23.9 Å². The minimum Gasteiger partial charge on any atom is -0.383 e. The van der Waals surface area contributed by atoms with E-state index in [1.54, 1.807) is 0 Å². The maximum Gasteiger partial charge on any atom is 0.0301 e. The highest BCUT2D eigenvalue weighted by atomic mass is 14.9. The minimum atomic E-state index is 0.603. The second-order valence-electron chi connectivity index (χ2n) is 4.07. The standard InChI is InChI=1S/C12H21N/c1-4-6-11(3)13-12-8-5-7-10(2)9-12/h5,8-11,13H,4,6-7H2,1-3H3/t10-,11?/m0/s1. The first-order valence-corrected chi connectivity index (χ1v) is 5.37. The molecule has 74 valence electrons. The maximum atomic E-state index is 3.52. The lowest BCUT2D eigenvalue weighted by molar-refractivity contribution is 0.558. The first-order chi connectivity index (χ1) is 6.22. The largest absolute Gasteiger partial charge is 0.383 e. The molecule has 0 spiro atoms. The van der Waals surface area contributed by atoms with Crippen LogP contribution in [0.3, 0.4) is 0 Å². The first kappa shape index (κ1) is 10.4.